The van der Waals surface area contributed by atoms with Crippen LogP contribution in [-0.2, 0) is 19.8 Å². The van der Waals surface area contributed by atoms with Crippen molar-refractivity contribution in [1.29, 1.82) is 5.26 Å². The number of aryl methyl sites for hydroxylation is 2. The Morgan fingerprint density at radius 1 is 1.28 bits per heavy atom. The summed E-state index contributed by atoms with van der Waals surface area (Å²) in [7, 11) is 1.53. The Kier molecular flexibility index (Phi) is 4.08. The number of rotatable bonds is 3. The summed E-state index contributed by atoms with van der Waals surface area (Å²) < 4.78 is 46.9. The molecule has 0 N–H and O–H groups in total. The van der Waals surface area contributed by atoms with E-state index < -0.39 is 11.7 Å². The van der Waals surface area contributed by atoms with E-state index in [0.29, 0.717) is 11.1 Å². The maximum atomic E-state index is 13.4. The van der Waals surface area contributed by atoms with Gasteiger partial charge in [-0.3, -0.25) is 4.68 Å². The molecule has 0 saturated heterocycles. The Morgan fingerprint density at radius 3 is 2.72 bits per heavy atom. The zero-order chi connectivity index (χ0) is 18.2. The molecule has 25 heavy (non-hydrogen) atoms. The van der Waals surface area contributed by atoms with Crippen LogP contribution in [0.4, 0.5) is 13.2 Å². The van der Waals surface area contributed by atoms with Crippen LogP contribution < -0.4 is 4.74 Å². The summed E-state index contributed by atoms with van der Waals surface area (Å²) in [5.74, 6) is -0.148. The predicted octanol–water partition coefficient (Wildman–Crippen LogP) is 3.75. The van der Waals surface area contributed by atoms with Gasteiger partial charge < -0.3 is 4.74 Å². The standard InChI is InChI=1S/C17H13F3N4O/c1-10-15-13(17(18,19)20)7-14(22-16(15)24(2)23-10)25-9-12-5-3-4-11(6-12)8-21/h3-7H,9H2,1-2H3. The van der Waals surface area contributed by atoms with Crippen LogP contribution in [0, 0.1) is 18.3 Å². The Labute approximate surface area is 141 Å². The second kappa shape index (κ2) is 6.09. The summed E-state index contributed by atoms with van der Waals surface area (Å²) in [6, 6.07) is 9.52. The van der Waals surface area contributed by atoms with Gasteiger partial charge in [-0.15, -0.1) is 0 Å². The van der Waals surface area contributed by atoms with Gasteiger partial charge in [-0.25, -0.2) is 0 Å². The highest BCUT2D eigenvalue weighted by Crippen LogP contribution is 2.37. The number of hydrogen-bond donors (Lipinski definition) is 0. The average molecular weight is 346 g/mol. The average Bonchev–Trinajstić information content (AvgIpc) is 2.86. The van der Waals surface area contributed by atoms with Crippen LogP contribution in [0.2, 0.25) is 0 Å². The second-order valence-electron chi connectivity index (χ2n) is 5.51. The van der Waals surface area contributed by atoms with Crippen LogP contribution >= 0.6 is 0 Å². The Bertz CT molecular complexity index is 986. The molecule has 1 aromatic carbocycles. The third-order valence-corrected chi connectivity index (χ3v) is 3.69. The number of nitrogens with zero attached hydrogens (tertiary/aromatic N) is 4. The number of fused-ring (bicyclic) bond motifs is 1. The first kappa shape index (κ1) is 16.8. The third-order valence-electron chi connectivity index (χ3n) is 3.69. The highest BCUT2D eigenvalue weighted by Gasteiger charge is 2.35. The minimum atomic E-state index is -4.55. The molecule has 8 heteroatoms. The molecule has 2 heterocycles. The summed E-state index contributed by atoms with van der Waals surface area (Å²) in [5, 5.41) is 12.9. The molecule has 0 saturated carbocycles. The number of halogens is 3. The molecule has 0 aliphatic heterocycles. The molecule has 0 fully saturated rings. The van der Waals surface area contributed by atoms with Crippen LogP contribution in [-0.4, -0.2) is 14.8 Å². The fourth-order valence-electron chi connectivity index (χ4n) is 2.61. The third kappa shape index (κ3) is 3.26. The van der Waals surface area contributed by atoms with Crippen LogP contribution in [0.15, 0.2) is 30.3 Å². The number of ether oxygens (including phenoxy) is 1. The van der Waals surface area contributed by atoms with Gasteiger partial charge >= 0.3 is 6.18 Å². The number of aromatic nitrogens is 3. The van der Waals surface area contributed by atoms with Crippen molar-refractivity contribution in [3.63, 3.8) is 0 Å². The van der Waals surface area contributed by atoms with Crippen molar-refractivity contribution in [3.8, 4) is 11.9 Å². The van der Waals surface area contributed by atoms with E-state index in [1.165, 1.54) is 18.7 Å². The Hall–Kier alpha value is -3.08. The summed E-state index contributed by atoms with van der Waals surface area (Å²) >= 11 is 0. The van der Waals surface area contributed by atoms with Gasteiger partial charge in [-0.05, 0) is 24.6 Å². The van der Waals surface area contributed by atoms with Crippen molar-refractivity contribution < 1.29 is 17.9 Å². The van der Waals surface area contributed by atoms with Crippen molar-refractivity contribution in [2.75, 3.05) is 0 Å². The zero-order valence-corrected chi connectivity index (χ0v) is 13.4. The van der Waals surface area contributed by atoms with Crippen molar-refractivity contribution in [2.24, 2.45) is 7.05 Å². The van der Waals surface area contributed by atoms with Crippen LogP contribution in [0.3, 0.4) is 0 Å². The smallest absolute Gasteiger partial charge is 0.417 e. The summed E-state index contributed by atoms with van der Waals surface area (Å²) in [5.41, 5.74) is 0.640. The lowest BCUT2D eigenvalue weighted by molar-refractivity contribution is -0.136. The first-order valence-corrected chi connectivity index (χ1v) is 7.33. The predicted molar refractivity (Wildman–Crippen MR) is 83.7 cm³/mol. The molecule has 128 valence electrons. The van der Waals surface area contributed by atoms with Crippen molar-refractivity contribution in [2.45, 2.75) is 19.7 Å². The molecule has 0 radical (unpaired) electrons. The Balaban J connectivity index is 1.99. The maximum Gasteiger partial charge on any atom is 0.417 e. The second-order valence-corrected chi connectivity index (χ2v) is 5.51. The van der Waals surface area contributed by atoms with Crippen molar-refractivity contribution in [3.05, 3.63) is 52.7 Å². The highest BCUT2D eigenvalue weighted by atomic mass is 19.4. The summed E-state index contributed by atoms with van der Waals surface area (Å²) in [4.78, 5) is 4.14. The SMILES string of the molecule is Cc1nn(C)c2nc(OCc3cccc(C#N)c3)cc(C(F)(F)F)c12. The van der Waals surface area contributed by atoms with Gasteiger partial charge in [0.25, 0.3) is 0 Å². The number of alkyl halides is 3. The topological polar surface area (TPSA) is 63.7 Å². The lowest BCUT2D eigenvalue weighted by Crippen LogP contribution is -2.08. The van der Waals surface area contributed by atoms with Gasteiger partial charge in [0, 0.05) is 13.1 Å². The van der Waals surface area contributed by atoms with E-state index >= 15 is 0 Å². The monoisotopic (exact) mass is 346 g/mol. The maximum absolute atomic E-state index is 13.4. The number of nitriles is 1. The van der Waals surface area contributed by atoms with E-state index in [2.05, 4.69) is 10.1 Å². The fraction of sp³-hybridized carbons (Fsp3) is 0.235. The normalized spacial score (nSPS) is 11.5. The molecule has 0 amide bonds. The van der Waals surface area contributed by atoms with Crippen LogP contribution in [0.5, 0.6) is 5.88 Å². The largest absolute Gasteiger partial charge is 0.473 e. The van der Waals surface area contributed by atoms with E-state index in [1.807, 2.05) is 6.07 Å². The van der Waals surface area contributed by atoms with Gasteiger partial charge in [-0.1, -0.05) is 12.1 Å². The highest BCUT2D eigenvalue weighted by molar-refractivity contribution is 5.83. The van der Waals surface area contributed by atoms with Gasteiger partial charge in [-0.2, -0.15) is 28.5 Å². The molecular weight excluding hydrogens is 333 g/mol. The molecule has 2 aromatic heterocycles. The molecule has 3 aromatic rings. The minimum Gasteiger partial charge on any atom is -0.473 e. The molecule has 0 bridgehead atoms. The lowest BCUT2D eigenvalue weighted by Gasteiger charge is -2.12. The first-order chi connectivity index (χ1) is 11.8. The van der Waals surface area contributed by atoms with Gasteiger partial charge in [0.05, 0.1) is 28.3 Å². The van der Waals surface area contributed by atoms with E-state index in [1.54, 1.807) is 24.3 Å². The van der Waals surface area contributed by atoms with E-state index in [-0.39, 0.29) is 29.2 Å². The molecule has 0 aliphatic carbocycles. The summed E-state index contributed by atoms with van der Waals surface area (Å²) in [6.45, 7) is 1.51. The lowest BCUT2D eigenvalue weighted by atomic mass is 10.1. The summed E-state index contributed by atoms with van der Waals surface area (Å²) in [6.07, 6.45) is -4.55. The van der Waals surface area contributed by atoms with E-state index in [9.17, 15) is 13.2 Å². The molecule has 5 nitrogen and oxygen atoms in total. The van der Waals surface area contributed by atoms with Crippen LogP contribution in [0.1, 0.15) is 22.4 Å². The van der Waals surface area contributed by atoms with Crippen LogP contribution in [0.25, 0.3) is 11.0 Å². The van der Waals surface area contributed by atoms with E-state index in [0.717, 1.165) is 6.07 Å². The molecular formula is C17H13F3N4O. The van der Waals surface area contributed by atoms with Gasteiger partial charge in [0.1, 0.15) is 6.61 Å². The first-order valence-electron chi connectivity index (χ1n) is 7.33. The quantitative estimate of drug-likeness (QED) is 0.725. The molecule has 3 rings (SSSR count). The number of benzene rings is 1. The molecule has 0 unspecified atom stereocenters. The van der Waals surface area contributed by atoms with Gasteiger partial charge in [0.15, 0.2) is 5.65 Å². The molecule has 0 spiro atoms. The van der Waals surface area contributed by atoms with Crippen molar-refractivity contribution in [1.82, 2.24) is 14.8 Å². The number of hydrogen-bond acceptors (Lipinski definition) is 4. The van der Waals surface area contributed by atoms with E-state index in [4.69, 9.17) is 10.00 Å². The fourth-order valence-corrected chi connectivity index (χ4v) is 2.61. The molecule has 0 atom stereocenters. The zero-order valence-electron chi connectivity index (χ0n) is 13.4. The Morgan fingerprint density at radius 2 is 2.04 bits per heavy atom. The minimum absolute atomic E-state index is 0.00214. The molecule has 0 aliphatic rings. The van der Waals surface area contributed by atoms with Gasteiger partial charge in [0.2, 0.25) is 5.88 Å². The van der Waals surface area contributed by atoms with Crippen molar-refractivity contribution >= 4 is 11.0 Å². The number of pyridine rings is 1.